The van der Waals surface area contributed by atoms with Gasteiger partial charge in [0.1, 0.15) is 6.04 Å². The molecule has 0 saturated carbocycles. The van der Waals surface area contributed by atoms with Gasteiger partial charge in [-0.15, -0.1) is 11.3 Å². The van der Waals surface area contributed by atoms with Crippen molar-refractivity contribution in [3.63, 3.8) is 0 Å². The molecule has 1 aromatic carbocycles. The van der Waals surface area contributed by atoms with Crippen molar-refractivity contribution in [3.05, 3.63) is 41.3 Å². The maximum Gasteiger partial charge on any atom is 0.256 e. The van der Waals surface area contributed by atoms with Crippen LogP contribution in [0.5, 0.6) is 0 Å². The van der Waals surface area contributed by atoms with E-state index < -0.39 is 6.04 Å². The van der Waals surface area contributed by atoms with Crippen LogP contribution >= 0.6 is 11.3 Å². The molecule has 8 heteroatoms. The number of piperidine rings is 1. The van der Waals surface area contributed by atoms with Crippen molar-refractivity contribution in [2.45, 2.75) is 18.9 Å². The van der Waals surface area contributed by atoms with Gasteiger partial charge < -0.3 is 20.4 Å². The summed E-state index contributed by atoms with van der Waals surface area (Å²) < 4.78 is 0. The van der Waals surface area contributed by atoms with Crippen molar-refractivity contribution in [2.75, 3.05) is 38.0 Å². The predicted octanol–water partition coefficient (Wildman–Crippen LogP) is 0.994. The first-order valence-corrected chi connectivity index (χ1v) is 11.4. The molecule has 0 radical (unpaired) electrons. The molecule has 1 atom stereocenters. The maximum atomic E-state index is 13.3. The van der Waals surface area contributed by atoms with Crippen LogP contribution < -0.4 is 10.6 Å². The highest BCUT2D eigenvalue weighted by molar-refractivity contribution is 7.13. The molecule has 5 rings (SSSR count). The number of fused-ring (bicyclic) bond motifs is 2. The number of piperazine rings is 1. The summed E-state index contributed by atoms with van der Waals surface area (Å²) in [4.78, 5) is 43.8. The van der Waals surface area contributed by atoms with Crippen LogP contribution in [0.15, 0.2) is 35.7 Å². The molecule has 0 spiro atoms. The van der Waals surface area contributed by atoms with E-state index in [-0.39, 0.29) is 30.2 Å². The molecule has 3 aliphatic heterocycles. The normalized spacial score (nSPS) is 22.2. The van der Waals surface area contributed by atoms with E-state index in [4.69, 9.17) is 0 Å². The second-order valence-corrected chi connectivity index (χ2v) is 9.11. The molecule has 1 aromatic heterocycles. The summed E-state index contributed by atoms with van der Waals surface area (Å²) in [6, 6.07) is 8.94. The number of rotatable bonds is 2. The van der Waals surface area contributed by atoms with E-state index >= 15 is 0 Å². The van der Waals surface area contributed by atoms with E-state index in [1.165, 1.54) is 0 Å². The third kappa shape index (κ3) is 3.40. The van der Waals surface area contributed by atoms with Gasteiger partial charge in [-0.1, -0.05) is 12.1 Å². The number of nitrogens with zero attached hydrogens (tertiary/aromatic N) is 2. The van der Waals surface area contributed by atoms with Gasteiger partial charge in [0.15, 0.2) is 0 Å². The molecule has 30 heavy (non-hydrogen) atoms. The molecule has 3 amide bonds. The SMILES string of the molecule is O=C1Nc2ccc(-c3cccs3)cc2C(=O)N2CCN(C(=O)C3CC[NH2+]CC3)C[C@H]12. The first-order valence-electron chi connectivity index (χ1n) is 10.5. The molecule has 2 fully saturated rings. The topological polar surface area (TPSA) is 86.3 Å². The van der Waals surface area contributed by atoms with Gasteiger partial charge in [0.25, 0.3) is 5.91 Å². The van der Waals surface area contributed by atoms with Crippen molar-refractivity contribution in [1.29, 1.82) is 0 Å². The number of benzene rings is 1. The molecule has 2 saturated heterocycles. The summed E-state index contributed by atoms with van der Waals surface area (Å²) in [6.45, 7) is 3.07. The summed E-state index contributed by atoms with van der Waals surface area (Å²) in [5.74, 6) is -0.201. The van der Waals surface area contributed by atoms with Crippen LogP contribution in [0, 0.1) is 5.92 Å². The summed E-state index contributed by atoms with van der Waals surface area (Å²) >= 11 is 1.61. The van der Waals surface area contributed by atoms with Crippen LogP contribution in [0.25, 0.3) is 10.4 Å². The molecule has 2 aromatic rings. The average Bonchev–Trinajstić information content (AvgIpc) is 3.30. The van der Waals surface area contributed by atoms with Gasteiger partial charge in [0.2, 0.25) is 11.8 Å². The van der Waals surface area contributed by atoms with E-state index in [0.717, 1.165) is 36.4 Å². The van der Waals surface area contributed by atoms with Gasteiger partial charge >= 0.3 is 0 Å². The Balaban J connectivity index is 1.39. The Kier molecular flexibility index (Phi) is 5.04. The zero-order chi connectivity index (χ0) is 20.7. The molecule has 0 unspecified atom stereocenters. The lowest BCUT2D eigenvalue weighted by molar-refractivity contribution is -0.664. The number of carbonyl (C=O) groups is 3. The van der Waals surface area contributed by atoms with Crippen LogP contribution in [0.4, 0.5) is 5.69 Å². The Hall–Kier alpha value is -2.71. The van der Waals surface area contributed by atoms with Crippen molar-refractivity contribution in [2.24, 2.45) is 5.92 Å². The number of nitrogens with two attached hydrogens (primary N) is 1. The fourth-order valence-corrected chi connectivity index (χ4v) is 5.40. The fourth-order valence-electron chi connectivity index (χ4n) is 4.68. The Morgan fingerprint density at radius 2 is 1.97 bits per heavy atom. The zero-order valence-electron chi connectivity index (χ0n) is 16.7. The summed E-state index contributed by atoms with van der Waals surface area (Å²) in [5.41, 5.74) is 2.02. The Morgan fingerprint density at radius 3 is 2.73 bits per heavy atom. The highest BCUT2D eigenvalue weighted by Crippen LogP contribution is 2.32. The van der Waals surface area contributed by atoms with Crippen LogP contribution in [-0.2, 0) is 9.59 Å². The minimum Gasteiger partial charge on any atom is -0.346 e. The first kappa shape index (κ1) is 19.3. The average molecular weight is 426 g/mol. The third-order valence-electron chi connectivity index (χ3n) is 6.36. The summed E-state index contributed by atoms with van der Waals surface area (Å²) in [5, 5.41) is 7.16. The molecular weight excluding hydrogens is 400 g/mol. The molecule has 156 valence electrons. The molecule has 4 heterocycles. The van der Waals surface area contributed by atoms with Gasteiger partial charge in [-0.2, -0.15) is 0 Å². The van der Waals surface area contributed by atoms with E-state index in [0.29, 0.717) is 24.3 Å². The highest BCUT2D eigenvalue weighted by Gasteiger charge is 2.41. The quantitative estimate of drug-likeness (QED) is 0.753. The van der Waals surface area contributed by atoms with Gasteiger partial charge in [0.05, 0.1) is 30.9 Å². The smallest absolute Gasteiger partial charge is 0.256 e. The van der Waals surface area contributed by atoms with E-state index in [1.54, 1.807) is 27.2 Å². The van der Waals surface area contributed by atoms with Crippen LogP contribution in [0.3, 0.4) is 0 Å². The van der Waals surface area contributed by atoms with Gasteiger partial charge in [-0.05, 0) is 29.1 Å². The molecular formula is C22H25N4O3S+. The van der Waals surface area contributed by atoms with E-state index in [1.807, 2.05) is 29.6 Å². The van der Waals surface area contributed by atoms with Crippen LogP contribution in [0.2, 0.25) is 0 Å². The van der Waals surface area contributed by atoms with E-state index in [2.05, 4.69) is 10.6 Å². The predicted molar refractivity (Wildman–Crippen MR) is 114 cm³/mol. The minimum absolute atomic E-state index is 0.0386. The highest BCUT2D eigenvalue weighted by atomic mass is 32.1. The number of thiophene rings is 1. The number of anilines is 1. The molecule has 3 N–H and O–H groups in total. The molecule has 3 aliphatic rings. The lowest BCUT2D eigenvalue weighted by Gasteiger charge is -2.40. The monoisotopic (exact) mass is 425 g/mol. The third-order valence-corrected chi connectivity index (χ3v) is 7.28. The second kappa shape index (κ2) is 7.85. The lowest BCUT2D eigenvalue weighted by Crippen LogP contribution is -2.86. The first-order chi connectivity index (χ1) is 14.6. The maximum absolute atomic E-state index is 13.3. The zero-order valence-corrected chi connectivity index (χ0v) is 17.5. The Morgan fingerprint density at radius 1 is 1.13 bits per heavy atom. The largest absolute Gasteiger partial charge is 0.346 e. The van der Waals surface area contributed by atoms with Crippen LogP contribution in [0.1, 0.15) is 23.2 Å². The summed E-state index contributed by atoms with van der Waals surface area (Å²) in [7, 11) is 0. The van der Waals surface area contributed by atoms with Gasteiger partial charge in [0, 0.05) is 36.7 Å². The number of carbonyl (C=O) groups excluding carboxylic acids is 3. The second-order valence-electron chi connectivity index (χ2n) is 8.17. The number of hydrogen-bond acceptors (Lipinski definition) is 4. The molecule has 7 nitrogen and oxygen atoms in total. The van der Waals surface area contributed by atoms with Crippen molar-refractivity contribution in [3.8, 4) is 10.4 Å². The standard InChI is InChI=1S/C22H24N4O3S/c27-20-18-13-25(21(28)14-5-7-23-8-6-14)9-10-26(18)22(29)16-12-15(3-4-17(16)24-20)19-2-1-11-30-19/h1-4,11-12,14,18,23H,5-10,13H2,(H,24,27)/p+1/t18-/m1/s1. The van der Waals surface area contributed by atoms with Crippen molar-refractivity contribution >= 4 is 34.7 Å². The Labute approximate surface area is 179 Å². The van der Waals surface area contributed by atoms with Gasteiger partial charge in [-0.25, -0.2) is 0 Å². The number of hydrogen-bond donors (Lipinski definition) is 2. The molecule has 0 bridgehead atoms. The Bertz CT molecular complexity index is 984. The lowest BCUT2D eigenvalue weighted by atomic mass is 9.95. The molecule has 0 aliphatic carbocycles. The van der Waals surface area contributed by atoms with Crippen LogP contribution in [-0.4, -0.2) is 66.3 Å². The number of nitrogens with one attached hydrogen (secondary N) is 1. The minimum atomic E-state index is -0.650. The number of quaternary nitrogens is 1. The fraction of sp³-hybridized carbons (Fsp3) is 0.409. The van der Waals surface area contributed by atoms with Gasteiger partial charge in [-0.3, -0.25) is 14.4 Å². The summed E-state index contributed by atoms with van der Waals surface area (Å²) in [6.07, 6.45) is 1.76. The number of amides is 3. The van der Waals surface area contributed by atoms with E-state index in [9.17, 15) is 14.4 Å². The van der Waals surface area contributed by atoms with Crippen molar-refractivity contribution in [1.82, 2.24) is 9.80 Å². The van der Waals surface area contributed by atoms with Crippen molar-refractivity contribution < 1.29 is 19.7 Å².